The maximum Gasteiger partial charge on any atom is 0.335 e. The van der Waals surface area contributed by atoms with Crippen LogP contribution in [0.3, 0.4) is 0 Å². The second kappa shape index (κ2) is 7.31. The Bertz CT molecular complexity index is 686. The average Bonchev–Trinajstić information content (AvgIpc) is 2.51. The number of carboxylic acids is 1. The summed E-state index contributed by atoms with van der Waals surface area (Å²) in [6, 6.07) is 6.70. The Labute approximate surface area is 128 Å². The number of amides is 1. The Balaban J connectivity index is 1.87. The van der Waals surface area contributed by atoms with Crippen LogP contribution in [0.25, 0.3) is 0 Å². The van der Waals surface area contributed by atoms with Crippen molar-refractivity contribution in [1.82, 2.24) is 15.3 Å². The van der Waals surface area contributed by atoms with Crippen LogP contribution in [0.15, 0.2) is 36.7 Å². The summed E-state index contributed by atoms with van der Waals surface area (Å²) in [5.74, 6) is -1.13. The van der Waals surface area contributed by atoms with Gasteiger partial charge in [-0.3, -0.25) is 14.8 Å². The molecule has 0 unspecified atom stereocenters. The molecule has 114 valence electrons. The van der Waals surface area contributed by atoms with Crippen LogP contribution in [0.1, 0.15) is 33.7 Å². The molecule has 1 aromatic carbocycles. The molecule has 22 heavy (non-hydrogen) atoms. The first-order valence-electron chi connectivity index (χ1n) is 6.91. The number of carbonyl (C=O) groups excluding carboxylic acids is 1. The van der Waals surface area contributed by atoms with Crippen molar-refractivity contribution in [1.29, 1.82) is 0 Å². The zero-order valence-electron chi connectivity index (χ0n) is 12.2. The second-order valence-electron chi connectivity index (χ2n) is 4.89. The summed E-state index contributed by atoms with van der Waals surface area (Å²) in [5, 5.41) is 11.8. The van der Waals surface area contributed by atoms with Crippen molar-refractivity contribution < 1.29 is 14.7 Å². The summed E-state index contributed by atoms with van der Waals surface area (Å²) in [6.45, 7) is 2.15. The van der Waals surface area contributed by atoms with Crippen molar-refractivity contribution in [3.8, 4) is 0 Å². The number of hydrogen-bond donors (Lipinski definition) is 2. The zero-order chi connectivity index (χ0) is 15.9. The number of nitrogens with zero attached hydrogens (tertiary/aromatic N) is 2. The molecule has 0 aliphatic heterocycles. The Morgan fingerprint density at radius 1 is 1.23 bits per heavy atom. The minimum absolute atomic E-state index is 0.150. The molecule has 0 bridgehead atoms. The van der Waals surface area contributed by atoms with Crippen LogP contribution in [-0.2, 0) is 17.8 Å². The second-order valence-corrected chi connectivity index (χ2v) is 4.89. The van der Waals surface area contributed by atoms with Gasteiger partial charge in [0.1, 0.15) is 0 Å². The predicted octanol–water partition coefficient (Wildman–Crippen LogP) is 1.73. The smallest absolute Gasteiger partial charge is 0.335 e. The largest absolute Gasteiger partial charge is 0.478 e. The third-order valence-corrected chi connectivity index (χ3v) is 3.14. The molecular weight excluding hydrogens is 282 g/mol. The van der Waals surface area contributed by atoms with E-state index in [0.29, 0.717) is 24.2 Å². The van der Waals surface area contributed by atoms with Gasteiger partial charge in [-0.15, -0.1) is 0 Å². The lowest BCUT2D eigenvalue weighted by Gasteiger charge is -2.07. The van der Waals surface area contributed by atoms with Crippen LogP contribution < -0.4 is 5.32 Å². The van der Waals surface area contributed by atoms with Crippen LogP contribution in [-0.4, -0.2) is 27.0 Å². The Morgan fingerprint density at radius 2 is 2.00 bits per heavy atom. The van der Waals surface area contributed by atoms with Gasteiger partial charge in [0.15, 0.2) is 0 Å². The molecule has 0 aliphatic rings. The van der Waals surface area contributed by atoms with Gasteiger partial charge in [0.05, 0.1) is 29.7 Å². The third kappa shape index (κ3) is 4.37. The molecule has 1 heterocycles. The molecule has 0 saturated heterocycles. The van der Waals surface area contributed by atoms with E-state index in [2.05, 4.69) is 15.3 Å². The van der Waals surface area contributed by atoms with E-state index in [1.54, 1.807) is 30.6 Å². The van der Waals surface area contributed by atoms with Gasteiger partial charge in [0, 0.05) is 12.6 Å². The van der Waals surface area contributed by atoms with E-state index in [4.69, 9.17) is 5.11 Å². The van der Waals surface area contributed by atoms with E-state index in [-0.39, 0.29) is 17.9 Å². The molecule has 0 saturated carbocycles. The van der Waals surface area contributed by atoms with E-state index in [0.717, 1.165) is 5.69 Å². The fourth-order valence-electron chi connectivity index (χ4n) is 2.07. The van der Waals surface area contributed by atoms with Gasteiger partial charge >= 0.3 is 5.97 Å². The molecule has 0 spiro atoms. The summed E-state index contributed by atoms with van der Waals surface area (Å²) in [7, 11) is 0. The maximum atomic E-state index is 11.8. The topological polar surface area (TPSA) is 92.2 Å². The summed E-state index contributed by atoms with van der Waals surface area (Å²) in [6.07, 6.45) is 3.86. The van der Waals surface area contributed by atoms with Crippen molar-refractivity contribution in [2.45, 2.75) is 26.3 Å². The number of nitrogens with one attached hydrogen (secondary N) is 1. The van der Waals surface area contributed by atoms with Gasteiger partial charge in [-0.25, -0.2) is 4.79 Å². The number of benzene rings is 1. The molecule has 6 heteroatoms. The van der Waals surface area contributed by atoms with Crippen molar-refractivity contribution in [3.63, 3.8) is 0 Å². The Kier molecular flexibility index (Phi) is 5.19. The van der Waals surface area contributed by atoms with Gasteiger partial charge in [0.2, 0.25) is 5.91 Å². The number of carboxylic acid groups (broad SMARTS) is 1. The van der Waals surface area contributed by atoms with Crippen molar-refractivity contribution in [3.05, 3.63) is 59.2 Å². The predicted molar refractivity (Wildman–Crippen MR) is 80.3 cm³/mol. The van der Waals surface area contributed by atoms with Crippen LogP contribution >= 0.6 is 0 Å². The van der Waals surface area contributed by atoms with Gasteiger partial charge in [-0.1, -0.05) is 18.2 Å². The van der Waals surface area contributed by atoms with E-state index in [1.165, 1.54) is 6.07 Å². The Morgan fingerprint density at radius 3 is 2.73 bits per heavy atom. The van der Waals surface area contributed by atoms with Gasteiger partial charge in [-0.2, -0.15) is 0 Å². The number of hydrogen-bond acceptors (Lipinski definition) is 4. The number of rotatable bonds is 6. The SMILES string of the molecule is Cc1cncc(CNC(=O)CCc2ccccc2C(=O)O)n1. The molecule has 0 radical (unpaired) electrons. The molecule has 0 fully saturated rings. The zero-order valence-corrected chi connectivity index (χ0v) is 12.2. The van der Waals surface area contributed by atoms with E-state index >= 15 is 0 Å². The maximum absolute atomic E-state index is 11.8. The molecule has 2 N–H and O–H groups in total. The fourth-order valence-corrected chi connectivity index (χ4v) is 2.07. The average molecular weight is 299 g/mol. The summed E-state index contributed by atoms with van der Waals surface area (Å²) >= 11 is 0. The molecule has 2 aromatic rings. The monoisotopic (exact) mass is 299 g/mol. The number of aromatic nitrogens is 2. The van der Waals surface area contributed by atoms with Gasteiger partial charge in [0.25, 0.3) is 0 Å². The highest BCUT2D eigenvalue weighted by molar-refractivity contribution is 5.89. The first kappa shape index (κ1) is 15.6. The van der Waals surface area contributed by atoms with Crippen LogP contribution in [0, 0.1) is 6.92 Å². The molecule has 1 amide bonds. The summed E-state index contributed by atoms with van der Waals surface area (Å²) in [5.41, 5.74) is 2.38. The van der Waals surface area contributed by atoms with Gasteiger partial charge in [-0.05, 0) is 25.0 Å². The minimum Gasteiger partial charge on any atom is -0.478 e. The molecule has 1 aromatic heterocycles. The van der Waals surface area contributed by atoms with Crippen LogP contribution in [0.2, 0.25) is 0 Å². The molecule has 2 rings (SSSR count). The van der Waals surface area contributed by atoms with E-state index in [9.17, 15) is 9.59 Å². The number of aromatic carboxylic acids is 1. The quantitative estimate of drug-likeness (QED) is 0.847. The lowest BCUT2D eigenvalue weighted by molar-refractivity contribution is -0.121. The number of carbonyl (C=O) groups is 2. The molecular formula is C16H17N3O3. The van der Waals surface area contributed by atoms with Crippen molar-refractivity contribution >= 4 is 11.9 Å². The first-order chi connectivity index (χ1) is 10.6. The standard InChI is InChI=1S/C16H17N3O3/c1-11-8-17-9-13(19-11)10-18-15(20)7-6-12-4-2-3-5-14(12)16(21)22/h2-5,8-9H,6-7,10H2,1H3,(H,18,20)(H,21,22). The number of aryl methyl sites for hydroxylation is 2. The normalized spacial score (nSPS) is 10.2. The lowest BCUT2D eigenvalue weighted by Crippen LogP contribution is -2.24. The van der Waals surface area contributed by atoms with Crippen LogP contribution in [0.5, 0.6) is 0 Å². The molecule has 0 aliphatic carbocycles. The summed E-state index contributed by atoms with van der Waals surface area (Å²) < 4.78 is 0. The van der Waals surface area contributed by atoms with Crippen molar-refractivity contribution in [2.75, 3.05) is 0 Å². The van der Waals surface area contributed by atoms with Gasteiger partial charge < -0.3 is 10.4 Å². The lowest BCUT2D eigenvalue weighted by atomic mass is 10.0. The van der Waals surface area contributed by atoms with E-state index < -0.39 is 5.97 Å². The highest BCUT2D eigenvalue weighted by Gasteiger charge is 2.10. The van der Waals surface area contributed by atoms with E-state index in [1.807, 2.05) is 6.92 Å². The first-order valence-corrected chi connectivity index (χ1v) is 6.91. The highest BCUT2D eigenvalue weighted by Crippen LogP contribution is 2.11. The van der Waals surface area contributed by atoms with Crippen molar-refractivity contribution in [2.24, 2.45) is 0 Å². The Hall–Kier alpha value is -2.76. The highest BCUT2D eigenvalue weighted by atomic mass is 16.4. The van der Waals surface area contributed by atoms with Crippen LogP contribution in [0.4, 0.5) is 0 Å². The minimum atomic E-state index is -0.981. The molecule has 0 atom stereocenters. The third-order valence-electron chi connectivity index (χ3n) is 3.14. The molecule has 6 nitrogen and oxygen atoms in total. The fraction of sp³-hybridized carbons (Fsp3) is 0.250. The summed E-state index contributed by atoms with van der Waals surface area (Å²) in [4.78, 5) is 31.2.